The minimum atomic E-state index is -0.0931. The molecule has 0 N–H and O–H groups in total. The Balaban J connectivity index is 1.54. The molecule has 0 aliphatic rings. The van der Waals surface area contributed by atoms with Crippen LogP contribution in [0.5, 0.6) is 0 Å². The summed E-state index contributed by atoms with van der Waals surface area (Å²) in [4.78, 5) is 19.8. The fourth-order valence-corrected chi connectivity index (χ4v) is 3.64. The Bertz CT molecular complexity index is 1170. The van der Waals surface area contributed by atoms with E-state index in [-0.39, 0.29) is 11.9 Å². The molecule has 4 rings (SSSR count). The van der Waals surface area contributed by atoms with Crippen molar-refractivity contribution in [2.45, 2.75) is 33.2 Å². The van der Waals surface area contributed by atoms with Gasteiger partial charge in [-0.15, -0.1) is 0 Å². The van der Waals surface area contributed by atoms with E-state index < -0.39 is 0 Å². The number of aromatic nitrogens is 2. The summed E-state index contributed by atoms with van der Waals surface area (Å²) in [6.07, 6.45) is 0.480. The van der Waals surface area contributed by atoms with Crippen molar-refractivity contribution in [1.29, 1.82) is 0 Å². The van der Waals surface area contributed by atoms with E-state index in [0.717, 1.165) is 16.7 Å². The topological polar surface area (TPSA) is 59.2 Å². The average molecular weight is 426 g/mol. The zero-order chi connectivity index (χ0) is 22.5. The molecule has 1 atom stereocenters. The predicted octanol–water partition coefficient (Wildman–Crippen LogP) is 5.80. The van der Waals surface area contributed by atoms with Gasteiger partial charge < -0.3 is 9.42 Å². The minimum Gasteiger partial charge on any atom is -0.339 e. The van der Waals surface area contributed by atoms with E-state index in [2.05, 4.69) is 10.1 Å². The summed E-state index contributed by atoms with van der Waals surface area (Å²) in [5, 5.41) is 4.12. The molecule has 0 bridgehead atoms. The zero-order valence-corrected chi connectivity index (χ0v) is 18.7. The van der Waals surface area contributed by atoms with E-state index in [0.29, 0.717) is 30.2 Å². The standard InChI is InChI=1S/C27H27N3O2/c1-19-9-13-23(14-10-19)26-28-25(32-29-26)17-18-30(21(3)22-7-5-4-6-8-22)27(31)24-15-11-20(2)12-16-24/h4-16,21H,17-18H2,1-3H3/t21-/m1/s1. The lowest BCUT2D eigenvalue weighted by Gasteiger charge is -2.29. The number of aryl methyl sites for hydroxylation is 2. The van der Waals surface area contributed by atoms with Crippen molar-refractivity contribution in [2.75, 3.05) is 6.54 Å². The van der Waals surface area contributed by atoms with E-state index >= 15 is 0 Å². The fourth-order valence-electron chi connectivity index (χ4n) is 3.64. The minimum absolute atomic E-state index is 0.0142. The molecule has 0 saturated heterocycles. The van der Waals surface area contributed by atoms with Crippen molar-refractivity contribution in [1.82, 2.24) is 15.0 Å². The predicted molar refractivity (Wildman–Crippen MR) is 125 cm³/mol. The monoisotopic (exact) mass is 425 g/mol. The molecule has 5 heteroatoms. The van der Waals surface area contributed by atoms with Crippen LogP contribution in [-0.2, 0) is 6.42 Å². The Morgan fingerprint density at radius 3 is 2.19 bits per heavy atom. The maximum absolute atomic E-state index is 13.4. The number of nitrogens with zero attached hydrogens (tertiary/aromatic N) is 3. The number of rotatable bonds is 7. The molecule has 0 fully saturated rings. The Morgan fingerprint density at radius 2 is 1.53 bits per heavy atom. The van der Waals surface area contributed by atoms with Gasteiger partial charge in [-0.25, -0.2) is 0 Å². The first kappa shape index (κ1) is 21.5. The maximum atomic E-state index is 13.4. The van der Waals surface area contributed by atoms with E-state index in [9.17, 15) is 4.79 Å². The number of benzene rings is 3. The van der Waals surface area contributed by atoms with Crippen LogP contribution in [0.2, 0.25) is 0 Å². The highest BCUT2D eigenvalue weighted by atomic mass is 16.5. The number of carbonyl (C=O) groups is 1. The maximum Gasteiger partial charge on any atom is 0.254 e. The van der Waals surface area contributed by atoms with Gasteiger partial charge in [-0.3, -0.25) is 4.79 Å². The van der Waals surface area contributed by atoms with Crippen LogP contribution in [-0.4, -0.2) is 27.5 Å². The first-order valence-corrected chi connectivity index (χ1v) is 10.8. The second kappa shape index (κ2) is 9.60. The van der Waals surface area contributed by atoms with Gasteiger partial charge in [0.05, 0.1) is 6.04 Å². The molecule has 0 aliphatic heterocycles. The van der Waals surface area contributed by atoms with Gasteiger partial charge in [-0.05, 0) is 38.5 Å². The van der Waals surface area contributed by atoms with Gasteiger partial charge in [0.25, 0.3) is 5.91 Å². The Hall–Kier alpha value is -3.73. The van der Waals surface area contributed by atoms with Crippen LogP contribution in [0.15, 0.2) is 83.4 Å². The molecule has 0 unspecified atom stereocenters. The van der Waals surface area contributed by atoms with Crippen molar-refractivity contribution >= 4 is 5.91 Å². The average Bonchev–Trinajstić information content (AvgIpc) is 3.29. The molecule has 162 valence electrons. The van der Waals surface area contributed by atoms with Crippen molar-refractivity contribution < 1.29 is 9.32 Å². The largest absolute Gasteiger partial charge is 0.339 e. The quantitative estimate of drug-likeness (QED) is 0.375. The second-order valence-electron chi connectivity index (χ2n) is 8.08. The molecule has 0 aliphatic carbocycles. The van der Waals surface area contributed by atoms with Crippen LogP contribution < -0.4 is 0 Å². The van der Waals surface area contributed by atoms with Gasteiger partial charge in [0.1, 0.15) is 0 Å². The summed E-state index contributed by atoms with van der Waals surface area (Å²) in [5.41, 5.74) is 4.97. The van der Waals surface area contributed by atoms with Gasteiger partial charge >= 0.3 is 0 Å². The summed E-state index contributed by atoms with van der Waals surface area (Å²) in [6.45, 7) is 6.57. The third-order valence-corrected chi connectivity index (χ3v) is 5.65. The first-order valence-electron chi connectivity index (χ1n) is 10.8. The number of carbonyl (C=O) groups excluding carboxylic acids is 1. The molecule has 1 amide bonds. The summed E-state index contributed by atoms with van der Waals surface area (Å²) >= 11 is 0. The van der Waals surface area contributed by atoms with Crippen molar-refractivity contribution in [2.24, 2.45) is 0 Å². The number of hydrogen-bond acceptors (Lipinski definition) is 4. The SMILES string of the molecule is Cc1ccc(C(=O)N(CCc2nc(-c3ccc(C)cc3)no2)[C@H](C)c2ccccc2)cc1. The van der Waals surface area contributed by atoms with Crippen LogP contribution in [0.3, 0.4) is 0 Å². The number of amides is 1. The molecular formula is C27H27N3O2. The number of hydrogen-bond donors (Lipinski definition) is 0. The Kier molecular flexibility index (Phi) is 6.45. The van der Waals surface area contributed by atoms with Crippen molar-refractivity contribution in [3.8, 4) is 11.4 Å². The van der Waals surface area contributed by atoms with E-state index in [1.54, 1.807) is 0 Å². The highest BCUT2D eigenvalue weighted by molar-refractivity contribution is 5.94. The molecular weight excluding hydrogens is 398 g/mol. The van der Waals surface area contributed by atoms with Crippen molar-refractivity contribution in [3.05, 3.63) is 107 Å². The zero-order valence-electron chi connectivity index (χ0n) is 18.7. The third kappa shape index (κ3) is 4.94. The summed E-state index contributed by atoms with van der Waals surface area (Å²) in [7, 11) is 0. The molecule has 0 spiro atoms. The highest BCUT2D eigenvalue weighted by Gasteiger charge is 2.23. The van der Waals surface area contributed by atoms with E-state index in [4.69, 9.17) is 4.52 Å². The van der Waals surface area contributed by atoms with Gasteiger partial charge in [0, 0.05) is 24.1 Å². The van der Waals surface area contributed by atoms with Crippen LogP contribution in [0.4, 0.5) is 0 Å². The molecule has 1 heterocycles. The van der Waals surface area contributed by atoms with E-state index in [1.807, 2.05) is 105 Å². The normalized spacial score (nSPS) is 11.8. The lowest BCUT2D eigenvalue weighted by Crippen LogP contribution is -2.35. The van der Waals surface area contributed by atoms with Crippen LogP contribution >= 0.6 is 0 Å². The molecule has 3 aromatic carbocycles. The Labute approximate surface area is 188 Å². The van der Waals surface area contributed by atoms with Gasteiger partial charge in [-0.1, -0.05) is 83.0 Å². The molecule has 4 aromatic rings. The van der Waals surface area contributed by atoms with Crippen LogP contribution in [0.1, 0.15) is 45.9 Å². The van der Waals surface area contributed by atoms with Gasteiger partial charge in [0.2, 0.25) is 11.7 Å². The lowest BCUT2D eigenvalue weighted by molar-refractivity contribution is 0.0689. The van der Waals surface area contributed by atoms with Gasteiger partial charge in [0.15, 0.2) is 0 Å². The second-order valence-corrected chi connectivity index (χ2v) is 8.08. The highest BCUT2D eigenvalue weighted by Crippen LogP contribution is 2.23. The van der Waals surface area contributed by atoms with Crippen LogP contribution in [0, 0.1) is 13.8 Å². The van der Waals surface area contributed by atoms with Gasteiger partial charge in [-0.2, -0.15) is 4.98 Å². The van der Waals surface area contributed by atoms with Crippen LogP contribution in [0.25, 0.3) is 11.4 Å². The molecule has 0 radical (unpaired) electrons. The summed E-state index contributed by atoms with van der Waals surface area (Å²) < 4.78 is 5.49. The smallest absolute Gasteiger partial charge is 0.254 e. The molecule has 0 saturated carbocycles. The fraction of sp³-hybridized carbons (Fsp3) is 0.222. The molecule has 1 aromatic heterocycles. The summed E-state index contributed by atoms with van der Waals surface area (Å²) in [5.74, 6) is 1.06. The molecule has 32 heavy (non-hydrogen) atoms. The first-order chi connectivity index (χ1) is 15.5. The summed E-state index contributed by atoms with van der Waals surface area (Å²) in [6, 6.07) is 25.7. The lowest BCUT2D eigenvalue weighted by atomic mass is 10.0. The Morgan fingerprint density at radius 1 is 0.906 bits per heavy atom. The van der Waals surface area contributed by atoms with Crippen molar-refractivity contribution in [3.63, 3.8) is 0 Å². The van der Waals surface area contributed by atoms with E-state index in [1.165, 1.54) is 5.56 Å². The molecule has 5 nitrogen and oxygen atoms in total. The third-order valence-electron chi connectivity index (χ3n) is 5.65.